The van der Waals surface area contributed by atoms with Crippen LogP contribution in [-0.2, 0) is 11.3 Å². The minimum atomic E-state index is 0.0817. The zero-order valence-corrected chi connectivity index (χ0v) is 12.6. The summed E-state index contributed by atoms with van der Waals surface area (Å²) in [7, 11) is 0. The maximum Gasteiger partial charge on any atom is 0.221 e. The van der Waals surface area contributed by atoms with Gasteiger partial charge in [0.25, 0.3) is 0 Å². The fraction of sp³-hybridized carbons (Fsp3) is 0.462. The van der Waals surface area contributed by atoms with Gasteiger partial charge in [-0.1, -0.05) is 34.8 Å². The van der Waals surface area contributed by atoms with Gasteiger partial charge in [-0.3, -0.25) is 4.79 Å². The van der Waals surface area contributed by atoms with Gasteiger partial charge < -0.3 is 10.6 Å². The molecule has 2 N–H and O–H groups in total. The summed E-state index contributed by atoms with van der Waals surface area (Å²) >= 11 is 18.1. The molecule has 1 amide bonds. The van der Waals surface area contributed by atoms with Crippen molar-refractivity contribution in [2.45, 2.75) is 31.8 Å². The predicted octanol–water partition coefficient (Wildman–Crippen LogP) is 3.41. The third kappa shape index (κ3) is 4.53. The third-order valence-corrected chi connectivity index (χ3v) is 4.11. The standard InChI is InChI=1S/C13H15Cl3N2O/c14-10-3-4-11(15)13(16)9(10)7-17-6-5-12(19)18-8-1-2-8/h3-4,8,17H,1-2,5-7H2,(H,18,19). The van der Waals surface area contributed by atoms with Crippen molar-refractivity contribution in [3.8, 4) is 0 Å². The van der Waals surface area contributed by atoms with Crippen molar-refractivity contribution in [3.63, 3.8) is 0 Å². The van der Waals surface area contributed by atoms with E-state index in [9.17, 15) is 4.79 Å². The van der Waals surface area contributed by atoms with Gasteiger partial charge in [-0.15, -0.1) is 0 Å². The fourth-order valence-electron chi connectivity index (χ4n) is 1.67. The second kappa shape index (κ2) is 6.80. The SMILES string of the molecule is O=C(CCNCc1c(Cl)ccc(Cl)c1Cl)NC1CC1. The molecule has 0 unspecified atom stereocenters. The molecule has 1 saturated carbocycles. The first kappa shape index (κ1) is 14.9. The molecule has 0 heterocycles. The van der Waals surface area contributed by atoms with E-state index in [0.29, 0.717) is 40.6 Å². The molecule has 1 aliphatic carbocycles. The number of nitrogens with one attached hydrogen (secondary N) is 2. The van der Waals surface area contributed by atoms with Gasteiger partial charge in [-0.2, -0.15) is 0 Å². The van der Waals surface area contributed by atoms with Crippen molar-refractivity contribution in [2.24, 2.45) is 0 Å². The molecule has 0 radical (unpaired) electrons. The Labute approximate surface area is 127 Å². The molecule has 3 nitrogen and oxygen atoms in total. The smallest absolute Gasteiger partial charge is 0.221 e. The van der Waals surface area contributed by atoms with Gasteiger partial charge in [0.15, 0.2) is 0 Å². The van der Waals surface area contributed by atoms with E-state index in [1.165, 1.54) is 0 Å². The monoisotopic (exact) mass is 320 g/mol. The first-order valence-electron chi connectivity index (χ1n) is 6.20. The van der Waals surface area contributed by atoms with Crippen LogP contribution in [0.3, 0.4) is 0 Å². The Kier molecular flexibility index (Phi) is 5.34. The Morgan fingerprint density at radius 1 is 1.21 bits per heavy atom. The number of carbonyl (C=O) groups is 1. The topological polar surface area (TPSA) is 41.1 Å². The quantitative estimate of drug-likeness (QED) is 0.623. The van der Waals surface area contributed by atoms with Gasteiger partial charge >= 0.3 is 0 Å². The fourth-order valence-corrected chi connectivity index (χ4v) is 2.36. The second-order valence-corrected chi connectivity index (χ2v) is 5.78. The largest absolute Gasteiger partial charge is 0.353 e. The predicted molar refractivity (Wildman–Crippen MR) is 79.0 cm³/mol. The molecule has 0 atom stereocenters. The number of hydrogen-bond acceptors (Lipinski definition) is 2. The highest BCUT2D eigenvalue weighted by molar-refractivity contribution is 6.44. The van der Waals surface area contributed by atoms with Crippen LogP contribution in [0.5, 0.6) is 0 Å². The average molecular weight is 322 g/mol. The van der Waals surface area contributed by atoms with Crippen molar-refractivity contribution >= 4 is 40.7 Å². The molecule has 0 spiro atoms. The lowest BCUT2D eigenvalue weighted by Gasteiger charge is -2.10. The van der Waals surface area contributed by atoms with Gasteiger partial charge in [0.05, 0.1) is 10.0 Å². The lowest BCUT2D eigenvalue weighted by atomic mass is 10.2. The number of hydrogen-bond donors (Lipinski definition) is 2. The maximum absolute atomic E-state index is 11.5. The number of rotatable bonds is 6. The van der Waals surface area contributed by atoms with Gasteiger partial charge in [0.1, 0.15) is 0 Å². The summed E-state index contributed by atoms with van der Waals surface area (Å²) in [6, 6.07) is 3.79. The first-order valence-corrected chi connectivity index (χ1v) is 7.34. The Morgan fingerprint density at radius 3 is 2.58 bits per heavy atom. The van der Waals surface area contributed by atoms with Crippen molar-refractivity contribution in [1.82, 2.24) is 10.6 Å². The summed E-state index contributed by atoms with van der Waals surface area (Å²) in [6.45, 7) is 1.08. The van der Waals surface area contributed by atoms with Gasteiger partial charge in [0.2, 0.25) is 5.91 Å². The van der Waals surface area contributed by atoms with E-state index >= 15 is 0 Å². The molecular formula is C13H15Cl3N2O. The Bertz CT molecular complexity index is 475. The lowest BCUT2D eigenvalue weighted by Crippen LogP contribution is -2.29. The summed E-state index contributed by atoms with van der Waals surface area (Å²) < 4.78 is 0. The van der Waals surface area contributed by atoms with Crippen molar-refractivity contribution in [1.29, 1.82) is 0 Å². The van der Waals surface area contributed by atoms with Crippen LogP contribution in [0.25, 0.3) is 0 Å². The number of carbonyl (C=O) groups excluding carboxylic acids is 1. The molecule has 1 fully saturated rings. The molecule has 6 heteroatoms. The van der Waals surface area contributed by atoms with Crippen molar-refractivity contribution in [2.75, 3.05) is 6.54 Å². The van der Waals surface area contributed by atoms with Crippen LogP contribution in [0, 0.1) is 0 Å². The summed E-state index contributed by atoms with van der Waals surface area (Å²) in [5.41, 5.74) is 0.762. The van der Waals surface area contributed by atoms with Crippen LogP contribution in [0.2, 0.25) is 15.1 Å². The Balaban J connectivity index is 1.76. The molecular weight excluding hydrogens is 307 g/mol. The Hall–Kier alpha value is -0.480. The molecule has 0 saturated heterocycles. The summed E-state index contributed by atoms with van der Waals surface area (Å²) in [5, 5.41) is 7.60. The highest BCUT2D eigenvalue weighted by Gasteiger charge is 2.22. The van der Waals surface area contributed by atoms with Crippen LogP contribution in [0.4, 0.5) is 0 Å². The maximum atomic E-state index is 11.5. The van der Waals surface area contributed by atoms with Crippen LogP contribution in [0.1, 0.15) is 24.8 Å². The summed E-state index contributed by atoms with van der Waals surface area (Å²) in [5.74, 6) is 0.0817. The van der Waals surface area contributed by atoms with E-state index in [1.54, 1.807) is 12.1 Å². The van der Waals surface area contributed by atoms with E-state index in [2.05, 4.69) is 10.6 Å². The number of halogens is 3. The van der Waals surface area contributed by atoms with E-state index in [-0.39, 0.29) is 5.91 Å². The van der Waals surface area contributed by atoms with Crippen molar-refractivity contribution in [3.05, 3.63) is 32.8 Å². The molecule has 0 aliphatic heterocycles. The van der Waals surface area contributed by atoms with Gasteiger partial charge in [-0.05, 0) is 25.0 Å². The van der Waals surface area contributed by atoms with E-state index in [4.69, 9.17) is 34.8 Å². The molecule has 1 aromatic rings. The molecule has 104 valence electrons. The molecule has 19 heavy (non-hydrogen) atoms. The van der Waals surface area contributed by atoms with E-state index in [0.717, 1.165) is 18.4 Å². The number of benzene rings is 1. The molecule has 2 rings (SSSR count). The molecule has 0 aromatic heterocycles. The van der Waals surface area contributed by atoms with Crippen molar-refractivity contribution < 1.29 is 4.79 Å². The molecule has 1 aromatic carbocycles. The van der Waals surface area contributed by atoms with Gasteiger partial charge in [0, 0.05) is 36.1 Å². The zero-order chi connectivity index (χ0) is 13.8. The van der Waals surface area contributed by atoms with E-state index < -0.39 is 0 Å². The summed E-state index contributed by atoms with van der Waals surface area (Å²) in [6.07, 6.45) is 2.66. The highest BCUT2D eigenvalue weighted by Crippen LogP contribution is 2.31. The highest BCUT2D eigenvalue weighted by atomic mass is 35.5. The number of amides is 1. The van der Waals surface area contributed by atoms with Crippen LogP contribution in [0.15, 0.2) is 12.1 Å². The zero-order valence-electron chi connectivity index (χ0n) is 10.3. The lowest BCUT2D eigenvalue weighted by molar-refractivity contribution is -0.121. The second-order valence-electron chi connectivity index (χ2n) is 4.59. The normalized spacial score (nSPS) is 14.5. The molecule has 1 aliphatic rings. The van der Waals surface area contributed by atoms with Crippen LogP contribution < -0.4 is 10.6 Å². The minimum Gasteiger partial charge on any atom is -0.353 e. The molecule has 0 bridgehead atoms. The summed E-state index contributed by atoms with van der Waals surface area (Å²) in [4.78, 5) is 11.5. The van der Waals surface area contributed by atoms with Gasteiger partial charge in [-0.25, -0.2) is 0 Å². The van der Waals surface area contributed by atoms with E-state index in [1.807, 2.05) is 0 Å². The third-order valence-electron chi connectivity index (χ3n) is 2.91. The average Bonchev–Trinajstić information content (AvgIpc) is 3.17. The first-order chi connectivity index (χ1) is 9.08. The van der Waals surface area contributed by atoms with Crippen LogP contribution >= 0.6 is 34.8 Å². The minimum absolute atomic E-state index is 0.0817. The Morgan fingerprint density at radius 2 is 1.89 bits per heavy atom. The van der Waals surface area contributed by atoms with Crippen LogP contribution in [-0.4, -0.2) is 18.5 Å².